The molecule has 0 aliphatic rings. The van der Waals surface area contributed by atoms with E-state index in [2.05, 4.69) is 5.10 Å². The van der Waals surface area contributed by atoms with Crippen LogP contribution >= 0.6 is 0 Å². The molecule has 0 aliphatic carbocycles. The number of nitrogens with zero attached hydrogens (tertiary/aromatic N) is 2. The van der Waals surface area contributed by atoms with Crippen molar-refractivity contribution in [2.45, 2.75) is 6.92 Å². The van der Waals surface area contributed by atoms with Crippen molar-refractivity contribution in [3.05, 3.63) is 47.3 Å². The molecule has 1 heterocycles. The highest BCUT2D eigenvalue weighted by Crippen LogP contribution is 2.16. The zero-order valence-electron chi connectivity index (χ0n) is 9.62. The van der Waals surface area contributed by atoms with Crippen molar-refractivity contribution >= 4 is 11.9 Å². The number of aromatic nitrogens is 2. The van der Waals surface area contributed by atoms with Crippen LogP contribution in [0.3, 0.4) is 0 Å². The van der Waals surface area contributed by atoms with Crippen molar-refractivity contribution in [1.29, 1.82) is 0 Å². The van der Waals surface area contributed by atoms with Crippen LogP contribution in [0.25, 0.3) is 5.69 Å². The Morgan fingerprint density at radius 1 is 1.33 bits per heavy atom. The van der Waals surface area contributed by atoms with Crippen molar-refractivity contribution in [2.75, 3.05) is 0 Å². The van der Waals surface area contributed by atoms with Gasteiger partial charge in [0.05, 0.1) is 11.3 Å². The van der Waals surface area contributed by atoms with Gasteiger partial charge >= 0.3 is 5.97 Å². The summed E-state index contributed by atoms with van der Waals surface area (Å²) in [4.78, 5) is 22.1. The Balaban J connectivity index is 2.57. The van der Waals surface area contributed by atoms with E-state index < -0.39 is 11.9 Å². The molecule has 0 spiro atoms. The average molecular weight is 245 g/mol. The minimum Gasteiger partial charge on any atom is -0.478 e. The Labute approximate surface area is 103 Å². The summed E-state index contributed by atoms with van der Waals surface area (Å²) in [7, 11) is 0. The van der Waals surface area contributed by atoms with Gasteiger partial charge in [0.15, 0.2) is 0 Å². The van der Waals surface area contributed by atoms with Crippen LogP contribution in [0.15, 0.2) is 30.5 Å². The number of hydrogen-bond donors (Lipinski definition) is 2. The van der Waals surface area contributed by atoms with E-state index in [1.807, 2.05) is 6.92 Å². The molecule has 2 rings (SSSR count). The number of carboxylic acid groups (broad SMARTS) is 1. The van der Waals surface area contributed by atoms with Gasteiger partial charge in [-0.05, 0) is 30.7 Å². The number of carbonyl (C=O) groups is 2. The number of aromatic carboxylic acids is 1. The largest absolute Gasteiger partial charge is 0.478 e. The number of hydrogen-bond acceptors (Lipinski definition) is 3. The van der Waals surface area contributed by atoms with Crippen LogP contribution in [-0.2, 0) is 0 Å². The molecule has 0 fully saturated rings. The lowest BCUT2D eigenvalue weighted by molar-refractivity contribution is 0.0696. The number of amides is 1. The summed E-state index contributed by atoms with van der Waals surface area (Å²) in [5.41, 5.74) is 6.60. The predicted molar refractivity (Wildman–Crippen MR) is 63.8 cm³/mol. The molecule has 0 unspecified atom stereocenters. The highest BCUT2D eigenvalue weighted by Gasteiger charge is 2.13. The van der Waals surface area contributed by atoms with Gasteiger partial charge in [0, 0.05) is 6.20 Å². The van der Waals surface area contributed by atoms with Crippen LogP contribution < -0.4 is 5.73 Å². The quantitative estimate of drug-likeness (QED) is 0.841. The molecule has 0 saturated carbocycles. The summed E-state index contributed by atoms with van der Waals surface area (Å²) < 4.78 is 1.33. The summed E-state index contributed by atoms with van der Waals surface area (Å²) >= 11 is 0. The van der Waals surface area contributed by atoms with Gasteiger partial charge < -0.3 is 10.8 Å². The number of carbonyl (C=O) groups excluding carboxylic acids is 1. The van der Waals surface area contributed by atoms with Crippen LogP contribution in [0, 0.1) is 6.92 Å². The van der Waals surface area contributed by atoms with Gasteiger partial charge in [-0.2, -0.15) is 5.10 Å². The first-order valence-electron chi connectivity index (χ1n) is 5.19. The zero-order chi connectivity index (χ0) is 13.3. The number of carboxylic acids is 1. The van der Waals surface area contributed by atoms with Crippen molar-refractivity contribution in [3.8, 4) is 5.69 Å². The third-order valence-corrected chi connectivity index (χ3v) is 2.47. The van der Waals surface area contributed by atoms with Gasteiger partial charge in [-0.1, -0.05) is 6.07 Å². The molecule has 6 nitrogen and oxygen atoms in total. The molecule has 0 bridgehead atoms. The lowest BCUT2D eigenvalue weighted by Crippen LogP contribution is -2.13. The third kappa shape index (κ3) is 2.08. The van der Waals surface area contributed by atoms with Crippen LogP contribution in [0.5, 0.6) is 0 Å². The number of rotatable bonds is 3. The van der Waals surface area contributed by atoms with Crippen LogP contribution in [0.1, 0.15) is 26.4 Å². The fourth-order valence-corrected chi connectivity index (χ4v) is 1.60. The van der Waals surface area contributed by atoms with E-state index in [4.69, 9.17) is 10.8 Å². The Morgan fingerprint density at radius 3 is 2.61 bits per heavy atom. The van der Waals surface area contributed by atoms with Gasteiger partial charge in [-0.25, -0.2) is 9.48 Å². The monoisotopic (exact) mass is 245 g/mol. The summed E-state index contributed by atoms with van der Waals surface area (Å²) in [6.07, 6.45) is 1.50. The normalized spacial score (nSPS) is 10.3. The first-order valence-corrected chi connectivity index (χ1v) is 5.19. The smallest absolute Gasteiger partial charge is 0.337 e. The standard InChI is InChI=1S/C12H11N3O3/c1-7-2-3-8(12(17)18)10(6-7)15-5-4-9(14-15)11(13)16/h2-6H,1H3,(H2,13,16)(H,17,18). The van der Waals surface area contributed by atoms with E-state index in [1.54, 1.807) is 12.1 Å². The molecule has 18 heavy (non-hydrogen) atoms. The first-order chi connectivity index (χ1) is 8.49. The molecule has 1 aromatic carbocycles. The van der Waals surface area contributed by atoms with Crippen molar-refractivity contribution in [3.63, 3.8) is 0 Å². The molecule has 1 amide bonds. The first kappa shape index (κ1) is 11.8. The van der Waals surface area contributed by atoms with E-state index in [-0.39, 0.29) is 11.3 Å². The van der Waals surface area contributed by atoms with Crippen molar-refractivity contribution in [1.82, 2.24) is 9.78 Å². The Hall–Kier alpha value is -2.63. The fraction of sp³-hybridized carbons (Fsp3) is 0.0833. The highest BCUT2D eigenvalue weighted by molar-refractivity contribution is 5.92. The SMILES string of the molecule is Cc1ccc(C(=O)O)c(-n2ccc(C(N)=O)n2)c1. The summed E-state index contributed by atoms with van der Waals surface area (Å²) in [6, 6.07) is 6.32. The molecule has 1 aromatic heterocycles. The second-order valence-electron chi connectivity index (χ2n) is 3.84. The summed E-state index contributed by atoms with van der Waals surface area (Å²) in [5, 5.41) is 13.0. The van der Waals surface area contributed by atoms with Gasteiger partial charge in [0.2, 0.25) is 0 Å². The van der Waals surface area contributed by atoms with E-state index in [0.717, 1.165) is 5.56 Å². The van der Waals surface area contributed by atoms with Crippen LogP contribution in [0.4, 0.5) is 0 Å². The summed E-state index contributed by atoms with van der Waals surface area (Å²) in [6.45, 7) is 1.84. The molecule has 6 heteroatoms. The maximum atomic E-state index is 11.1. The topological polar surface area (TPSA) is 98.2 Å². The lowest BCUT2D eigenvalue weighted by atomic mass is 10.1. The van der Waals surface area contributed by atoms with Crippen LogP contribution in [-0.4, -0.2) is 26.8 Å². The zero-order valence-corrected chi connectivity index (χ0v) is 9.62. The Bertz CT molecular complexity index is 631. The Morgan fingerprint density at radius 2 is 2.06 bits per heavy atom. The molecule has 0 atom stereocenters. The molecule has 0 saturated heterocycles. The molecule has 0 aliphatic heterocycles. The minimum absolute atomic E-state index is 0.0906. The molecular weight excluding hydrogens is 234 g/mol. The number of nitrogens with two attached hydrogens (primary N) is 1. The molecule has 3 N–H and O–H groups in total. The molecule has 92 valence electrons. The second-order valence-corrected chi connectivity index (χ2v) is 3.84. The van der Waals surface area contributed by atoms with Gasteiger partial charge in [0.25, 0.3) is 5.91 Å². The number of benzene rings is 1. The van der Waals surface area contributed by atoms with E-state index in [0.29, 0.717) is 5.69 Å². The minimum atomic E-state index is -1.05. The Kier molecular flexibility index (Phi) is 2.85. The van der Waals surface area contributed by atoms with E-state index in [9.17, 15) is 9.59 Å². The third-order valence-electron chi connectivity index (χ3n) is 2.47. The lowest BCUT2D eigenvalue weighted by Gasteiger charge is -2.07. The molecule has 2 aromatic rings. The van der Waals surface area contributed by atoms with Gasteiger partial charge in [-0.3, -0.25) is 4.79 Å². The van der Waals surface area contributed by atoms with Crippen molar-refractivity contribution < 1.29 is 14.7 Å². The highest BCUT2D eigenvalue weighted by atomic mass is 16.4. The van der Waals surface area contributed by atoms with Gasteiger partial charge in [0.1, 0.15) is 5.69 Å². The fourth-order valence-electron chi connectivity index (χ4n) is 1.60. The predicted octanol–water partition coefficient (Wildman–Crippen LogP) is 0.978. The average Bonchev–Trinajstić information content (AvgIpc) is 2.77. The maximum Gasteiger partial charge on any atom is 0.337 e. The van der Waals surface area contributed by atoms with Crippen molar-refractivity contribution in [2.24, 2.45) is 5.73 Å². The van der Waals surface area contributed by atoms with E-state index >= 15 is 0 Å². The van der Waals surface area contributed by atoms with Gasteiger partial charge in [-0.15, -0.1) is 0 Å². The van der Waals surface area contributed by atoms with E-state index in [1.165, 1.54) is 23.0 Å². The molecule has 0 radical (unpaired) electrons. The number of aryl methyl sites for hydroxylation is 1. The summed E-state index contributed by atoms with van der Waals surface area (Å²) in [5.74, 6) is -1.71. The second kappa shape index (κ2) is 4.33. The molecular formula is C12H11N3O3. The maximum absolute atomic E-state index is 11.1. The van der Waals surface area contributed by atoms with Crippen LogP contribution in [0.2, 0.25) is 0 Å². The number of primary amides is 1.